The van der Waals surface area contributed by atoms with Crippen molar-refractivity contribution in [1.82, 2.24) is 9.55 Å². The van der Waals surface area contributed by atoms with Crippen LogP contribution in [0.1, 0.15) is 52.9 Å². The molecule has 2 fully saturated rings. The zero-order valence-electron chi connectivity index (χ0n) is 13.7. The van der Waals surface area contributed by atoms with Crippen molar-refractivity contribution in [2.75, 3.05) is 13.2 Å². The molecule has 0 amide bonds. The highest BCUT2D eigenvalue weighted by molar-refractivity contribution is 6.61. The van der Waals surface area contributed by atoms with Crippen molar-refractivity contribution in [3.05, 3.63) is 12.0 Å². The van der Waals surface area contributed by atoms with Gasteiger partial charge in [-0.15, -0.1) is 0 Å². The molecule has 3 heterocycles. The molecule has 21 heavy (non-hydrogen) atoms. The number of ether oxygens (including phenoxy) is 1. The molecule has 2 saturated heterocycles. The third-order valence-electron chi connectivity index (χ3n) is 4.94. The van der Waals surface area contributed by atoms with Crippen molar-refractivity contribution < 1.29 is 14.0 Å². The van der Waals surface area contributed by atoms with Crippen molar-refractivity contribution in [2.24, 2.45) is 0 Å². The first kappa shape index (κ1) is 15.1. The Balaban J connectivity index is 1.87. The van der Waals surface area contributed by atoms with Gasteiger partial charge >= 0.3 is 7.12 Å². The standard InChI is InChI=1S/C15H25BN2O3/c1-6-13-17-12(9-18(13)11-7-8-19-10-11)16-20-14(2,3)15(4,5)21-16/h9,11H,6-8,10H2,1-5H3. The molecule has 1 aromatic rings. The van der Waals surface area contributed by atoms with E-state index in [-0.39, 0.29) is 18.3 Å². The minimum Gasteiger partial charge on any atom is -0.398 e. The summed E-state index contributed by atoms with van der Waals surface area (Å²) in [4.78, 5) is 4.74. The molecule has 0 aliphatic carbocycles. The normalized spacial score (nSPS) is 27.5. The largest absolute Gasteiger partial charge is 0.516 e. The van der Waals surface area contributed by atoms with Gasteiger partial charge < -0.3 is 18.6 Å². The summed E-state index contributed by atoms with van der Waals surface area (Å²) in [5, 5.41) is 0. The third-order valence-corrected chi connectivity index (χ3v) is 4.94. The summed E-state index contributed by atoms with van der Waals surface area (Å²) >= 11 is 0. The Labute approximate surface area is 127 Å². The number of imidazole rings is 1. The summed E-state index contributed by atoms with van der Waals surface area (Å²) in [6.45, 7) is 12.0. The van der Waals surface area contributed by atoms with E-state index >= 15 is 0 Å². The molecule has 0 radical (unpaired) electrons. The number of hydrogen-bond acceptors (Lipinski definition) is 4. The maximum absolute atomic E-state index is 6.10. The lowest BCUT2D eigenvalue weighted by molar-refractivity contribution is 0.00578. The summed E-state index contributed by atoms with van der Waals surface area (Å²) in [5.41, 5.74) is 0.214. The molecule has 116 valence electrons. The number of hydrogen-bond donors (Lipinski definition) is 0. The van der Waals surface area contributed by atoms with E-state index in [1.165, 1.54) is 0 Å². The van der Waals surface area contributed by atoms with Gasteiger partial charge in [0.1, 0.15) is 5.82 Å². The van der Waals surface area contributed by atoms with E-state index in [1.54, 1.807) is 0 Å². The first-order chi connectivity index (χ1) is 9.84. The highest BCUT2D eigenvalue weighted by Gasteiger charge is 2.52. The van der Waals surface area contributed by atoms with Crippen LogP contribution in [0, 0.1) is 0 Å². The molecule has 6 heteroatoms. The van der Waals surface area contributed by atoms with Gasteiger partial charge in [-0.1, -0.05) is 6.92 Å². The minimum absolute atomic E-state index is 0.329. The molecule has 1 atom stereocenters. The second kappa shape index (κ2) is 5.11. The highest BCUT2D eigenvalue weighted by atomic mass is 16.7. The van der Waals surface area contributed by atoms with Crippen molar-refractivity contribution in [2.45, 2.75) is 64.7 Å². The van der Waals surface area contributed by atoms with Gasteiger partial charge in [-0.3, -0.25) is 0 Å². The zero-order valence-corrected chi connectivity index (χ0v) is 13.7. The number of aryl methyl sites for hydroxylation is 1. The first-order valence-electron chi connectivity index (χ1n) is 7.85. The molecule has 0 spiro atoms. The molecule has 2 aliphatic rings. The van der Waals surface area contributed by atoms with Crippen LogP contribution in [0.5, 0.6) is 0 Å². The smallest absolute Gasteiger partial charge is 0.398 e. The summed E-state index contributed by atoms with van der Waals surface area (Å²) in [6.07, 6.45) is 4.03. The van der Waals surface area contributed by atoms with Crippen LogP contribution < -0.4 is 5.59 Å². The fourth-order valence-corrected chi connectivity index (χ4v) is 2.85. The summed E-state index contributed by atoms with van der Waals surface area (Å²) in [5.74, 6) is 1.08. The molecule has 1 aromatic heterocycles. The van der Waals surface area contributed by atoms with Gasteiger partial charge in [0.25, 0.3) is 0 Å². The lowest BCUT2D eigenvalue weighted by Crippen LogP contribution is -2.41. The van der Waals surface area contributed by atoms with E-state index in [9.17, 15) is 0 Å². The van der Waals surface area contributed by atoms with E-state index in [4.69, 9.17) is 19.0 Å². The van der Waals surface area contributed by atoms with Crippen molar-refractivity contribution in [1.29, 1.82) is 0 Å². The maximum Gasteiger partial charge on any atom is 0.516 e. The average Bonchev–Trinajstić information content (AvgIpc) is 3.08. The topological polar surface area (TPSA) is 45.5 Å². The molecule has 5 nitrogen and oxygen atoms in total. The predicted molar refractivity (Wildman–Crippen MR) is 81.8 cm³/mol. The molecule has 2 aliphatic heterocycles. The zero-order chi connectivity index (χ0) is 15.3. The van der Waals surface area contributed by atoms with Gasteiger partial charge in [0, 0.05) is 19.2 Å². The summed E-state index contributed by atoms with van der Waals surface area (Å²) < 4.78 is 19.9. The van der Waals surface area contributed by atoms with Gasteiger partial charge in [-0.05, 0) is 34.1 Å². The Morgan fingerprint density at radius 2 is 1.95 bits per heavy atom. The van der Waals surface area contributed by atoms with Crippen LogP contribution in [0.25, 0.3) is 0 Å². The van der Waals surface area contributed by atoms with Gasteiger partial charge in [-0.2, -0.15) is 0 Å². The molecule has 0 N–H and O–H groups in total. The molecular formula is C15H25BN2O3. The molecule has 1 unspecified atom stereocenters. The van der Waals surface area contributed by atoms with Crippen molar-refractivity contribution >= 4 is 12.7 Å². The van der Waals surface area contributed by atoms with E-state index in [1.807, 2.05) is 0 Å². The van der Waals surface area contributed by atoms with E-state index in [2.05, 4.69) is 45.4 Å². The second-order valence-corrected chi connectivity index (χ2v) is 6.95. The van der Waals surface area contributed by atoms with E-state index < -0.39 is 0 Å². The summed E-state index contributed by atoms with van der Waals surface area (Å²) in [7, 11) is -0.385. The van der Waals surface area contributed by atoms with Crippen LogP contribution in [0.15, 0.2) is 6.20 Å². The Bertz CT molecular complexity index is 505. The van der Waals surface area contributed by atoms with Crippen LogP contribution in [-0.4, -0.2) is 41.1 Å². The quantitative estimate of drug-likeness (QED) is 0.796. The SMILES string of the molecule is CCc1nc(B2OC(C)(C)C(C)(C)O2)cn1C1CCOC1. The van der Waals surface area contributed by atoms with E-state index in [0.29, 0.717) is 6.04 Å². The van der Waals surface area contributed by atoms with Crippen molar-refractivity contribution in [3.63, 3.8) is 0 Å². The van der Waals surface area contributed by atoms with Crippen LogP contribution in [0.3, 0.4) is 0 Å². The molecule has 0 aromatic carbocycles. The Morgan fingerprint density at radius 1 is 1.29 bits per heavy atom. The molecule has 0 bridgehead atoms. The van der Waals surface area contributed by atoms with Crippen LogP contribution >= 0.6 is 0 Å². The minimum atomic E-state index is -0.385. The van der Waals surface area contributed by atoms with Gasteiger partial charge in [-0.25, -0.2) is 4.98 Å². The second-order valence-electron chi connectivity index (χ2n) is 6.95. The van der Waals surface area contributed by atoms with Crippen LogP contribution in [0.2, 0.25) is 0 Å². The molecular weight excluding hydrogens is 267 g/mol. The monoisotopic (exact) mass is 292 g/mol. The Hall–Kier alpha value is -0.845. The van der Waals surface area contributed by atoms with Crippen molar-refractivity contribution in [3.8, 4) is 0 Å². The Kier molecular flexibility index (Phi) is 3.67. The fraction of sp³-hybridized carbons (Fsp3) is 0.800. The molecule has 3 rings (SSSR count). The average molecular weight is 292 g/mol. The van der Waals surface area contributed by atoms with Gasteiger partial charge in [0.05, 0.1) is 29.4 Å². The highest BCUT2D eigenvalue weighted by Crippen LogP contribution is 2.36. The Morgan fingerprint density at radius 3 is 2.48 bits per heavy atom. The van der Waals surface area contributed by atoms with Gasteiger partial charge in [0.2, 0.25) is 0 Å². The van der Waals surface area contributed by atoms with Crippen LogP contribution in [-0.2, 0) is 20.5 Å². The predicted octanol–water partition coefficient (Wildman–Crippen LogP) is 1.71. The fourth-order valence-electron chi connectivity index (χ4n) is 2.85. The summed E-state index contributed by atoms with van der Waals surface area (Å²) in [6, 6.07) is 0.392. The number of rotatable bonds is 3. The van der Waals surface area contributed by atoms with E-state index in [0.717, 1.165) is 37.5 Å². The van der Waals surface area contributed by atoms with Crippen LogP contribution in [0.4, 0.5) is 0 Å². The van der Waals surface area contributed by atoms with Gasteiger partial charge in [0.15, 0.2) is 0 Å². The number of aromatic nitrogens is 2. The molecule has 0 saturated carbocycles. The lowest BCUT2D eigenvalue weighted by Gasteiger charge is -2.32. The maximum atomic E-state index is 6.10. The third kappa shape index (κ3) is 2.54. The number of nitrogens with zero attached hydrogens (tertiary/aromatic N) is 2. The lowest BCUT2D eigenvalue weighted by atomic mass is 9.86. The first-order valence-corrected chi connectivity index (χ1v) is 7.85.